The molecule has 1 fully saturated rings. The summed E-state index contributed by atoms with van der Waals surface area (Å²) in [5, 5.41) is 0. The lowest BCUT2D eigenvalue weighted by Crippen LogP contribution is -2.49. The van der Waals surface area contributed by atoms with E-state index in [-0.39, 0.29) is 24.4 Å². The number of amides is 1. The fourth-order valence-electron chi connectivity index (χ4n) is 3.59. The summed E-state index contributed by atoms with van der Waals surface area (Å²) >= 11 is 0. The smallest absolute Gasteiger partial charge is 0.230 e. The SMILES string of the molecule is CC1CN(C(=O)C2CCCc3ccccc32)CCC1N.Cl. The molecule has 116 valence electrons. The van der Waals surface area contributed by atoms with Gasteiger partial charge in [-0.05, 0) is 42.7 Å². The van der Waals surface area contributed by atoms with Crippen LogP contribution in [0.5, 0.6) is 0 Å². The van der Waals surface area contributed by atoms with Gasteiger partial charge in [0.2, 0.25) is 5.91 Å². The summed E-state index contributed by atoms with van der Waals surface area (Å²) in [6.07, 6.45) is 4.16. The maximum absolute atomic E-state index is 12.9. The highest BCUT2D eigenvalue weighted by Gasteiger charge is 2.33. The predicted molar refractivity (Wildman–Crippen MR) is 87.7 cm³/mol. The lowest BCUT2D eigenvalue weighted by Gasteiger charge is -2.38. The first-order valence-electron chi connectivity index (χ1n) is 7.79. The molecule has 3 rings (SSSR count). The van der Waals surface area contributed by atoms with E-state index < -0.39 is 0 Å². The van der Waals surface area contributed by atoms with Gasteiger partial charge in [0.1, 0.15) is 0 Å². The summed E-state index contributed by atoms with van der Waals surface area (Å²) in [4.78, 5) is 14.9. The first-order valence-corrected chi connectivity index (χ1v) is 7.79. The molecular weight excluding hydrogens is 284 g/mol. The van der Waals surface area contributed by atoms with Gasteiger partial charge >= 0.3 is 0 Å². The van der Waals surface area contributed by atoms with E-state index >= 15 is 0 Å². The van der Waals surface area contributed by atoms with Crippen molar-refractivity contribution in [2.75, 3.05) is 13.1 Å². The fraction of sp³-hybridized carbons (Fsp3) is 0.588. The number of hydrogen-bond donors (Lipinski definition) is 1. The summed E-state index contributed by atoms with van der Waals surface area (Å²) in [5.41, 5.74) is 8.67. The van der Waals surface area contributed by atoms with Gasteiger partial charge in [-0.3, -0.25) is 4.79 Å². The summed E-state index contributed by atoms with van der Waals surface area (Å²) in [5.74, 6) is 0.795. The summed E-state index contributed by atoms with van der Waals surface area (Å²) in [7, 11) is 0. The zero-order chi connectivity index (χ0) is 14.1. The van der Waals surface area contributed by atoms with Crippen molar-refractivity contribution in [2.24, 2.45) is 11.7 Å². The standard InChI is InChI=1S/C17H24N2O.ClH/c1-12-11-19(10-9-16(12)18)17(20)15-8-4-6-13-5-2-3-7-14(13)15;/h2-3,5,7,12,15-16H,4,6,8-11,18H2,1H3;1H. The number of fused-ring (bicyclic) bond motifs is 1. The Bertz CT molecular complexity index is 505. The number of benzene rings is 1. The van der Waals surface area contributed by atoms with Gasteiger partial charge in [0.25, 0.3) is 0 Å². The monoisotopic (exact) mass is 308 g/mol. The van der Waals surface area contributed by atoms with E-state index in [1.807, 2.05) is 4.90 Å². The average Bonchev–Trinajstić information content (AvgIpc) is 2.49. The highest BCUT2D eigenvalue weighted by molar-refractivity contribution is 5.85. The molecule has 1 aliphatic heterocycles. The van der Waals surface area contributed by atoms with Gasteiger partial charge in [-0.25, -0.2) is 0 Å². The average molecular weight is 309 g/mol. The molecule has 1 aromatic rings. The van der Waals surface area contributed by atoms with Crippen LogP contribution in [0.4, 0.5) is 0 Å². The van der Waals surface area contributed by atoms with Crippen molar-refractivity contribution in [3.05, 3.63) is 35.4 Å². The lowest BCUT2D eigenvalue weighted by molar-refractivity contribution is -0.135. The third-order valence-corrected chi connectivity index (χ3v) is 4.95. The van der Waals surface area contributed by atoms with Crippen LogP contribution >= 0.6 is 12.4 Å². The minimum Gasteiger partial charge on any atom is -0.342 e. The predicted octanol–water partition coefficient (Wildman–Crippen LogP) is 2.72. The number of hydrogen-bond acceptors (Lipinski definition) is 2. The Morgan fingerprint density at radius 2 is 2.05 bits per heavy atom. The van der Waals surface area contributed by atoms with E-state index in [2.05, 4.69) is 31.2 Å². The molecule has 0 bridgehead atoms. The van der Waals surface area contributed by atoms with Crippen molar-refractivity contribution in [2.45, 2.75) is 44.6 Å². The number of piperidine rings is 1. The summed E-state index contributed by atoms with van der Waals surface area (Å²) < 4.78 is 0. The highest BCUT2D eigenvalue weighted by atomic mass is 35.5. The second-order valence-electron chi connectivity index (χ2n) is 6.36. The third kappa shape index (κ3) is 3.24. The molecule has 1 heterocycles. The van der Waals surface area contributed by atoms with Crippen molar-refractivity contribution in [1.82, 2.24) is 4.90 Å². The van der Waals surface area contributed by atoms with Crippen LogP contribution < -0.4 is 5.73 Å². The largest absolute Gasteiger partial charge is 0.342 e. The van der Waals surface area contributed by atoms with E-state index in [1.165, 1.54) is 11.1 Å². The normalized spacial score (nSPS) is 28.5. The fourth-order valence-corrected chi connectivity index (χ4v) is 3.59. The minimum absolute atomic E-state index is 0. The van der Waals surface area contributed by atoms with Gasteiger partial charge in [0.15, 0.2) is 0 Å². The first kappa shape index (κ1) is 16.3. The maximum atomic E-state index is 12.9. The van der Waals surface area contributed by atoms with E-state index in [1.54, 1.807) is 0 Å². The molecular formula is C17H25ClN2O. The van der Waals surface area contributed by atoms with Gasteiger partial charge in [-0.1, -0.05) is 31.2 Å². The van der Waals surface area contributed by atoms with Gasteiger partial charge < -0.3 is 10.6 Å². The molecule has 4 heteroatoms. The summed E-state index contributed by atoms with van der Waals surface area (Å²) in [6.45, 7) is 3.79. The highest BCUT2D eigenvalue weighted by Crippen LogP contribution is 2.33. The second-order valence-corrected chi connectivity index (χ2v) is 6.36. The molecule has 3 atom stereocenters. The second kappa shape index (κ2) is 6.80. The Hall–Kier alpha value is -1.06. The van der Waals surface area contributed by atoms with E-state index in [0.29, 0.717) is 11.8 Å². The van der Waals surface area contributed by atoms with Gasteiger partial charge in [-0.2, -0.15) is 0 Å². The number of carbonyl (C=O) groups excluding carboxylic acids is 1. The van der Waals surface area contributed by atoms with Crippen LogP contribution in [0.2, 0.25) is 0 Å². The van der Waals surface area contributed by atoms with Crippen LogP contribution in [-0.2, 0) is 11.2 Å². The molecule has 1 amide bonds. The summed E-state index contributed by atoms with van der Waals surface area (Å²) in [6, 6.07) is 8.68. The molecule has 3 unspecified atom stereocenters. The Morgan fingerprint density at radius 3 is 2.81 bits per heavy atom. The quantitative estimate of drug-likeness (QED) is 0.867. The van der Waals surface area contributed by atoms with Crippen molar-refractivity contribution in [3.63, 3.8) is 0 Å². The molecule has 0 saturated carbocycles. The van der Waals surface area contributed by atoms with Crippen molar-refractivity contribution < 1.29 is 4.79 Å². The van der Waals surface area contributed by atoms with E-state index in [4.69, 9.17) is 5.73 Å². The van der Waals surface area contributed by atoms with E-state index in [9.17, 15) is 4.79 Å². The lowest BCUT2D eigenvalue weighted by atomic mass is 9.81. The van der Waals surface area contributed by atoms with Crippen molar-refractivity contribution in [3.8, 4) is 0 Å². The Morgan fingerprint density at radius 1 is 1.29 bits per heavy atom. The number of aryl methyl sites for hydroxylation is 1. The number of likely N-dealkylation sites (tertiary alicyclic amines) is 1. The molecule has 2 aliphatic rings. The Kier molecular flexibility index (Phi) is 5.28. The maximum Gasteiger partial charge on any atom is 0.230 e. The number of carbonyl (C=O) groups is 1. The first-order chi connectivity index (χ1) is 9.66. The van der Waals surface area contributed by atoms with Crippen LogP contribution in [0.3, 0.4) is 0 Å². The molecule has 0 aromatic heterocycles. The zero-order valence-corrected chi connectivity index (χ0v) is 13.4. The Balaban J connectivity index is 0.00000161. The minimum atomic E-state index is 0. The number of nitrogens with zero attached hydrogens (tertiary/aromatic N) is 1. The van der Waals surface area contributed by atoms with Crippen LogP contribution in [0.25, 0.3) is 0 Å². The molecule has 0 radical (unpaired) electrons. The number of rotatable bonds is 1. The van der Waals surface area contributed by atoms with Crippen LogP contribution in [0, 0.1) is 5.92 Å². The molecule has 3 nitrogen and oxygen atoms in total. The zero-order valence-electron chi connectivity index (χ0n) is 12.6. The van der Waals surface area contributed by atoms with Crippen LogP contribution in [0.15, 0.2) is 24.3 Å². The van der Waals surface area contributed by atoms with Crippen molar-refractivity contribution >= 4 is 18.3 Å². The third-order valence-electron chi connectivity index (χ3n) is 4.95. The van der Waals surface area contributed by atoms with Gasteiger partial charge in [0, 0.05) is 19.1 Å². The molecule has 1 aromatic carbocycles. The molecule has 21 heavy (non-hydrogen) atoms. The number of halogens is 1. The van der Waals surface area contributed by atoms with Crippen LogP contribution in [-0.4, -0.2) is 29.9 Å². The number of nitrogens with two attached hydrogens (primary N) is 1. The molecule has 0 spiro atoms. The Labute approximate surface area is 133 Å². The molecule has 2 N–H and O–H groups in total. The van der Waals surface area contributed by atoms with Gasteiger partial charge in [0.05, 0.1) is 5.92 Å². The van der Waals surface area contributed by atoms with Crippen LogP contribution in [0.1, 0.15) is 43.2 Å². The topological polar surface area (TPSA) is 46.3 Å². The molecule has 1 saturated heterocycles. The van der Waals surface area contributed by atoms with E-state index in [0.717, 1.165) is 38.8 Å². The van der Waals surface area contributed by atoms with Gasteiger partial charge in [-0.15, -0.1) is 12.4 Å². The van der Waals surface area contributed by atoms with Crippen molar-refractivity contribution in [1.29, 1.82) is 0 Å². The molecule has 1 aliphatic carbocycles.